The fourth-order valence-electron chi connectivity index (χ4n) is 1.75. The van der Waals surface area contributed by atoms with Crippen LogP contribution in [-0.2, 0) is 14.0 Å². The van der Waals surface area contributed by atoms with Gasteiger partial charge in [-0.25, -0.2) is 4.79 Å². The molecular weight excluding hydrogens is 273 g/mol. The van der Waals surface area contributed by atoms with Gasteiger partial charge in [0.25, 0.3) is 0 Å². The predicted molar refractivity (Wildman–Crippen MR) is 77.4 cm³/mol. The summed E-state index contributed by atoms with van der Waals surface area (Å²) in [6.45, 7) is 13.2. The predicted octanol–water partition coefficient (Wildman–Crippen LogP) is 1.36. The Morgan fingerprint density at radius 2 is 1.76 bits per heavy atom. The highest BCUT2D eigenvalue weighted by Crippen LogP contribution is 2.36. The molecule has 1 aliphatic heterocycles. The van der Waals surface area contributed by atoms with Crippen LogP contribution in [0.5, 0.6) is 0 Å². The molecule has 0 amide bonds. The normalized spacial score (nSPS) is 20.6. The van der Waals surface area contributed by atoms with Crippen molar-refractivity contribution in [2.24, 2.45) is 0 Å². The van der Waals surface area contributed by atoms with Crippen molar-refractivity contribution >= 4 is 18.8 Å². The van der Waals surface area contributed by atoms with Crippen molar-refractivity contribution in [2.45, 2.75) is 65.3 Å². The summed E-state index contributed by atoms with van der Waals surface area (Å²) < 4.78 is 18.0. The Kier molecular flexibility index (Phi) is 3.66. The van der Waals surface area contributed by atoms with Gasteiger partial charge in [0.15, 0.2) is 0 Å². The van der Waals surface area contributed by atoms with Gasteiger partial charge in [-0.1, -0.05) is 5.21 Å². The van der Waals surface area contributed by atoms with E-state index < -0.39 is 30.0 Å². The lowest BCUT2D eigenvalue weighted by Gasteiger charge is -2.32. The van der Waals surface area contributed by atoms with Gasteiger partial charge in [0, 0.05) is 0 Å². The molecule has 0 N–H and O–H groups in total. The zero-order valence-corrected chi connectivity index (χ0v) is 13.6. The highest BCUT2D eigenvalue weighted by atomic mass is 16.7. The lowest BCUT2D eigenvalue weighted by Crippen LogP contribution is -2.41. The van der Waals surface area contributed by atoms with Gasteiger partial charge < -0.3 is 14.0 Å². The fourth-order valence-corrected chi connectivity index (χ4v) is 1.75. The van der Waals surface area contributed by atoms with Crippen molar-refractivity contribution in [2.75, 3.05) is 0 Å². The largest absolute Gasteiger partial charge is 0.518 e. The summed E-state index contributed by atoms with van der Waals surface area (Å²) >= 11 is 0. The minimum atomic E-state index is -0.647. The third kappa shape index (κ3) is 3.27. The van der Waals surface area contributed by atoms with Crippen LogP contribution >= 0.6 is 0 Å². The lowest BCUT2D eigenvalue weighted by atomic mass is 9.86. The molecule has 1 aromatic heterocycles. The van der Waals surface area contributed by atoms with Crippen LogP contribution in [0.3, 0.4) is 0 Å². The Bertz CT molecular complexity index is 532. The maximum Gasteiger partial charge on any atom is 0.518 e. The number of rotatable bonds is 1. The number of nitrogens with zero attached hydrogens (tertiary/aromatic N) is 3. The standard InChI is InChI=1S/C13H22BN3O4/c1-11(2,3)19-10(18)17-8-9(15-16-17)14-20-12(4,5)13(6,7)21-14/h8H,1-7H3. The van der Waals surface area contributed by atoms with Crippen LogP contribution in [0.4, 0.5) is 4.79 Å². The average molecular weight is 295 g/mol. The molecule has 7 nitrogen and oxygen atoms in total. The van der Waals surface area contributed by atoms with Crippen molar-refractivity contribution in [3.8, 4) is 0 Å². The van der Waals surface area contributed by atoms with Gasteiger partial charge in [-0.15, -0.1) is 5.10 Å². The molecule has 21 heavy (non-hydrogen) atoms. The Balaban J connectivity index is 2.13. The zero-order chi connectivity index (χ0) is 16.1. The Hall–Kier alpha value is -1.41. The summed E-state index contributed by atoms with van der Waals surface area (Å²) in [7, 11) is -0.647. The van der Waals surface area contributed by atoms with Gasteiger partial charge in [0.2, 0.25) is 0 Å². The average Bonchev–Trinajstić information content (AvgIpc) is 2.80. The van der Waals surface area contributed by atoms with Gasteiger partial charge >= 0.3 is 13.2 Å². The second-order valence-corrected chi connectivity index (χ2v) is 7.16. The second kappa shape index (κ2) is 4.81. The summed E-state index contributed by atoms with van der Waals surface area (Å²) in [5.74, 6) is 0. The molecule has 116 valence electrons. The van der Waals surface area contributed by atoms with Crippen LogP contribution in [-0.4, -0.2) is 45.0 Å². The van der Waals surface area contributed by atoms with Crippen molar-refractivity contribution in [3.63, 3.8) is 0 Å². The molecule has 0 atom stereocenters. The third-order valence-corrected chi connectivity index (χ3v) is 3.59. The molecule has 2 heterocycles. The van der Waals surface area contributed by atoms with E-state index in [9.17, 15) is 4.79 Å². The lowest BCUT2D eigenvalue weighted by molar-refractivity contribution is 0.00578. The molecule has 0 saturated carbocycles. The molecule has 0 aromatic carbocycles. The molecular formula is C13H22BN3O4. The molecule has 1 saturated heterocycles. The number of carbonyl (C=O) groups excluding carboxylic acids is 1. The molecule has 1 aliphatic rings. The minimum absolute atomic E-state index is 0.444. The van der Waals surface area contributed by atoms with E-state index in [2.05, 4.69) is 10.3 Å². The number of hydrogen-bond acceptors (Lipinski definition) is 6. The van der Waals surface area contributed by atoms with Crippen LogP contribution < -0.4 is 5.59 Å². The van der Waals surface area contributed by atoms with Gasteiger partial charge in [-0.05, 0) is 48.5 Å². The summed E-state index contributed by atoms with van der Waals surface area (Å²) in [4.78, 5) is 11.9. The molecule has 1 fully saturated rings. The van der Waals surface area contributed by atoms with Gasteiger partial charge in [0.1, 0.15) is 11.2 Å². The Labute approximate surface area is 125 Å². The van der Waals surface area contributed by atoms with E-state index in [-0.39, 0.29) is 0 Å². The molecule has 0 unspecified atom stereocenters. The maximum absolute atomic E-state index is 11.9. The Morgan fingerprint density at radius 1 is 1.24 bits per heavy atom. The number of ether oxygens (including phenoxy) is 1. The van der Waals surface area contributed by atoms with E-state index in [1.165, 1.54) is 6.20 Å². The maximum atomic E-state index is 11.9. The number of carbonyl (C=O) groups is 1. The summed E-state index contributed by atoms with van der Waals surface area (Å²) in [6, 6.07) is 0. The van der Waals surface area contributed by atoms with E-state index in [4.69, 9.17) is 14.0 Å². The van der Waals surface area contributed by atoms with E-state index in [1.807, 2.05) is 27.7 Å². The first kappa shape index (κ1) is 16.0. The highest BCUT2D eigenvalue weighted by molar-refractivity contribution is 6.61. The number of aromatic nitrogens is 3. The van der Waals surface area contributed by atoms with Gasteiger partial charge in [-0.3, -0.25) is 0 Å². The van der Waals surface area contributed by atoms with E-state index >= 15 is 0 Å². The SMILES string of the molecule is CC(C)(C)OC(=O)n1cc(B2OC(C)(C)C(C)(C)O2)nn1. The van der Waals surface area contributed by atoms with Crippen molar-refractivity contribution in [1.82, 2.24) is 15.0 Å². The molecule has 0 aliphatic carbocycles. The number of hydrogen-bond donors (Lipinski definition) is 0. The van der Waals surface area contributed by atoms with Gasteiger partial charge in [-0.2, -0.15) is 4.68 Å². The Morgan fingerprint density at radius 3 is 2.24 bits per heavy atom. The van der Waals surface area contributed by atoms with Crippen molar-refractivity contribution in [3.05, 3.63) is 6.20 Å². The van der Waals surface area contributed by atoms with Crippen LogP contribution in [0.15, 0.2) is 6.20 Å². The van der Waals surface area contributed by atoms with Crippen LogP contribution in [0.1, 0.15) is 48.5 Å². The molecule has 8 heteroatoms. The molecule has 0 bridgehead atoms. The second-order valence-electron chi connectivity index (χ2n) is 7.16. The molecule has 1 aromatic rings. The smallest absolute Gasteiger partial charge is 0.442 e. The van der Waals surface area contributed by atoms with Crippen molar-refractivity contribution in [1.29, 1.82) is 0 Å². The highest BCUT2D eigenvalue weighted by Gasteiger charge is 2.53. The molecule has 0 spiro atoms. The third-order valence-electron chi connectivity index (χ3n) is 3.59. The summed E-state index contributed by atoms with van der Waals surface area (Å²) in [6.07, 6.45) is 0.883. The first-order chi connectivity index (χ1) is 9.41. The van der Waals surface area contributed by atoms with E-state index in [0.29, 0.717) is 5.59 Å². The topological polar surface area (TPSA) is 75.5 Å². The minimum Gasteiger partial charge on any atom is -0.442 e. The van der Waals surface area contributed by atoms with E-state index in [0.717, 1.165) is 4.68 Å². The summed E-state index contributed by atoms with van der Waals surface area (Å²) in [5.41, 5.74) is -1.08. The first-order valence-corrected chi connectivity index (χ1v) is 6.92. The quantitative estimate of drug-likeness (QED) is 0.728. The molecule has 2 rings (SSSR count). The van der Waals surface area contributed by atoms with Gasteiger partial charge in [0.05, 0.1) is 17.4 Å². The zero-order valence-electron chi connectivity index (χ0n) is 13.6. The van der Waals surface area contributed by atoms with Crippen LogP contribution in [0, 0.1) is 0 Å². The fraction of sp³-hybridized carbons (Fsp3) is 0.769. The first-order valence-electron chi connectivity index (χ1n) is 6.92. The monoisotopic (exact) mass is 295 g/mol. The molecule has 0 radical (unpaired) electrons. The van der Waals surface area contributed by atoms with Crippen LogP contribution in [0.25, 0.3) is 0 Å². The summed E-state index contributed by atoms with van der Waals surface area (Å²) in [5, 5.41) is 7.72. The van der Waals surface area contributed by atoms with Crippen LogP contribution in [0.2, 0.25) is 0 Å². The van der Waals surface area contributed by atoms with Crippen molar-refractivity contribution < 1.29 is 18.8 Å². The van der Waals surface area contributed by atoms with E-state index in [1.54, 1.807) is 20.8 Å².